The van der Waals surface area contributed by atoms with Gasteiger partial charge in [0.25, 0.3) is 0 Å². The maximum atomic E-state index is 8.47. The van der Waals surface area contributed by atoms with Gasteiger partial charge in [-0.1, -0.05) is 6.07 Å². The Morgan fingerprint density at radius 2 is 2.16 bits per heavy atom. The van der Waals surface area contributed by atoms with Crippen LogP contribution in [-0.2, 0) is 6.54 Å². The zero-order valence-electron chi connectivity index (χ0n) is 9.82. The van der Waals surface area contributed by atoms with Crippen molar-refractivity contribution in [2.45, 2.75) is 6.54 Å². The third kappa shape index (κ3) is 4.01. The quantitative estimate of drug-likeness (QED) is 0.832. The van der Waals surface area contributed by atoms with Gasteiger partial charge in [-0.3, -0.25) is 0 Å². The molecule has 0 saturated carbocycles. The highest BCUT2D eigenvalue weighted by Crippen LogP contribution is 2.27. The highest BCUT2D eigenvalue weighted by Gasteiger charge is 2.05. The van der Waals surface area contributed by atoms with E-state index in [0.29, 0.717) is 17.0 Å². The molecular weight excluding hydrogens is 376 g/mol. The van der Waals surface area contributed by atoms with Gasteiger partial charge in [-0.25, -0.2) is 0 Å². The molecule has 6 heteroatoms. The van der Waals surface area contributed by atoms with E-state index in [1.54, 1.807) is 0 Å². The summed E-state index contributed by atoms with van der Waals surface area (Å²) in [5.41, 5.74) is 0.902. The van der Waals surface area contributed by atoms with Crippen LogP contribution in [0.4, 0.5) is 5.69 Å². The van der Waals surface area contributed by atoms with E-state index in [2.05, 4.69) is 37.2 Å². The molecule has 2 aromatic rings. The first-order chi connectivity index (χ1) is 9.19. The van der Waals surface area contributed by atoms with E-state index in [4.69, 9.17) is 14.4 Å². The number of nitriles is 1. The normalized spacial score (nSPS) is 9.95. The lowest BCUT2D eigenvalue weighted by molar-refractivity contribution is 0.368. The lowest BCUT2D eigenvalue weighted by atomic mass is 10.3. The molecule has 0 aliphatic carbocycles. The highest BCUT2D eigenvalue weighted by atomic mass is 79.9. The number of nitrogens with zero attached hydrogens (tertiary/aromatic N) is 1. The van der Waals surface area contributed by atoms with E-state index in [1.807, 2.05) is 36.4 Å². The molecule has 0 bridgehead atoms. The van der Waals surface area contributed by atoms with Crippen LogP contribution < -0.4 is 10.1 Å². The first-order valence-corrected chi connectivity index (χ1v) is 7.05. The van der Waals surface area contributed by atoms with Crippen molar-refractivity contribution in [1.82, 2.24) is 0 Å². The molecule has 0 aliphatic rings. The first-order valence-electron chi connectivity index (χ1n) is 5.46. The van der Waals surface area contributed by atoms with Crippen LogP contribution in [0.25, 0.3) is 0 Å². The number of nitrogens with one attached hydrogen (secondary N) is 1. The fourth-order valence-corrected chi connectivity index (χ4v) is 2.14. The van der Waals surface area contributed by atoms with Gasteiger partial charge in [0.15, 0.2) is 11.3 Å². The Morgan fingerprint density at radius 3 is 2.84 bits per heavy atom. The lowest BCUT2D eigenvalue weighted by Crippen LogP contribution is -1.99. The maximum absolute atomic E-state index is 8.47. The summed E-state index contributed by atoms with van der Waals surface area (Å²) in [5.74, 6) is 1.47. The van der Waals surface area contributed by atoms with Crippen LogP contribution in [0.2, 0.25) is 0 Å². The van der Waals surface area contributed by atoms with Gasteiger partial charge in [0.2, 0.25) is 0 Å². The average molecular weight is 386 g/mol. The number of benzene rings is 1. The second kappa shape index (κ2) is 6.64. The Hall–Kier alpha value is -1.45. The third-order valence-electron chi connectivity index (χ3n) is 2.30. The molecule has 0 spiro atoms. The molecule has 0 atom stereocenters. The summed E-state index contributed by atoms with van der Waals surface area (Å²) in [4.78, 5) is 0. The minimum atomic E-state index is 0.0432. The minimum absolute atomic E-state index is 0.0432. The van der Waals surface area contributed by atoms with Crippen molar-refractivity contribution in [3.63, 3.8) is 0 Å². The highest BCUT2D eigenvalue weighted by molar-refractivity contribution is 9.13. The summed E-state index contributed by atoms with van der Waals surface area (Å²) in [6, 6.07) is 11.3. The molecule has 0 fully saturated rings. The summed E-state index contributed by atoms with van der Waals surface area (Å²) < 4.78 is 12.3. The largest absolute Gasteiger partial charge is 0.479 e. The van der Waals surface area contributed by atoms with Crippen molar-refractivity contribution >= 4 is 37.5 Å². The van der Waals surface area contributed by atoms with E-state index >= 15 is 0 Å². The van der Waals surface area contributed by atoms with E-state index in [-0.39, 0.29) is 6.61 Å². The number of furan rings is 1. The van der Waals surface area contributed by atoms with Crippen molar-refractivity contribution in [3.05, 3.63) is 45.2 Å². The molecule has 0 radical (unpaired) electrons. The second-order valence-corrected chi connectivity index (χ2v) is 5.24. The Bertz CT molecular complexity index is 585. The van der Waals surface area contributed by atoms with E-state index in [9.17, 15) is 0 Å². The molecule has 19 heavy (non-hydrogen) atoms. The first kappa shape index (κ1) is 14.0. The van der Waals surface area contributed by atoms with Gasteiger partial charge in [-0.2, -0.15) is 5.26 Å². The van der Waals surface area contributed by atoms with Crippen molar-refractivity contribution in [2.75, 3.05) is 11.9 Å². The monoisotopic (exact) mass is 384 g/mol. The number of anilines is 1. The van der Waals surface area contributed by atoms with Gasteiger partial charge in [0.05, 0.1) is 11.0 Å². The van der Waals surface area contributed by atoms with Crippen LogP contribution in [0.15, 0.2) is 43.9 Å². The van der Waals surface area contributed by atoms with Crippen LogP contribution >= 0.6 is 31.9 Å². The zero-order valence-corrected chi connectivity index (χ0v) is 13.0. The standard InChI is InChI=1S/C13H10Br2N2O2/c14-12-7-11(19-13(12)15)8-17-9-2-1-3-10(6-9)18-5-4-16/h1-3,6-7,17H,5,8H2. The van der Waals surface area contributed by atoms with Gasteiger partial charge in [-0.05, 0) is 50.1 Å². The van der Waals surface area contributed by atoms with Gasteiger partial charge >= 0.3 is 0 Å². The summed E-state index contributed by atoms with van der Waals surface area (Å²) in [7, 11) is 0. The summed E-state index contributed by atoms with van der Waals surface area (Å²) in [6.45, 7) is 0.605. The Labute approximate surface area is 127 Å². The molecule has 1 heterocycles. The van der Waals surface area contributed by atoms with Crippen LogP contribution in [0, 0.1) is 11.3 Å². The Morgan fingerprint density at radius 1 is 1.32 bits per heavy atom. The van der Waals surface area contributed by atoms with Crippen LogP contribution in [-0.4, -0.2) is 6.61 Å². The molecule has 0 saturated heterocycles. The van der Waals surface area contributed by atoms with Gasteiger partial charge < -0.3 is 14.5 Å². The number of hydrogen-bond donors (Lipinski definition) is 1. The smallest absolute Gasteiger partial charge is 0.183 e. The lowest BCUT2D eigenvalue weighted by Gasteiger charge is -2.07. The molecule has 98 valence electrons. The predicted molar refractivity (Wildman–Crippen MR) is 79.0 cm³/mol. The summed E-state index contributed by atoms with van der Waals surface area (Å²) in [6.07, 6.45) is 0. The van der Waals surface area contributed by atoms with Crippen molar-refractivity contribution < 1.29 is 9.15 Å². The van der Waals surface area contributed by atoms with Gasteiger partial charge in [-0.15, -0.1) is 0 Å². The number of halogens is 2. The minimum Gasteiger partial charge on any atom is -0.479 e. The molecule has 0 aliphatic heterocycles. The molecule has 4 nitrogen and oxygen atoms in total. The maximum Gasteiger partial charge on any atom is 0.183 e. The fourth-order valence-electron chi connectivity index (χ4n) is 1.48. The molecular formula is C13H10Br2N2O2. The SMILES string of the molecule is N#CCOc1cccc(NCc2cc(Br)c(Br)o2)c1. The van der Waals surface area contributed by atoms with E-state index < -0.39 is 0 Å². The molecule has 0 unspecified atom stereocenters. The van der Waals surface area contributed by atoms with E-state index in [1.165, 1.54) is 0 Å². The fraction of sp³-hybridized carbons (Fsp3) is 0.154. The topological polar surface area (TPSA) is 58.2 Å². The average Bonchev–Trinajstić information content (AvgIpc) is 2.74. The molecule has 0 amide bonds. The number of ether oxygens (including phenoxy) is 1. The summed E-state index contributed by atoms with van der Waals surface area (Å²) >= 11 is 6.65. The second-order valence-electron chi connectivity index (χ2n) is 3.66. The van der Waals surface area contributed by atoms with Crippen LogP contribution in [0.3, 0.4) is 0 Å². The van der Waals surface area contributed by atoms with Crippen LogP contribution in [0.5, 0.6) is 5.75 Å². The molecule has 1 aromatic carbocycles. The Balaban J connectivity index is 1.97. The number of hydrogen-bond acceptors (Lipinski definition) is 4. The van der Waals surface area contributed by atoms with Gasteiger partial charge in [0, 0.05) is 11.8 Å². The summed E-state index contributed by atoms with van der Waals surface area (Å²) in [5, 5.41) is 11.7. The van der Waals surface area contributed by atoms with Crippen molar-refractivity contribution in [1.29, 1.82) is 5.26 Å². The Kier molecular flexibility index (Phi) is 4.88. The predicted octanol–water partition coefficient (Wildman–Crippen LogP) is 4.32. The number of rotatable bonds is 5. The van der Waals surface area contributed by atoms with Crippen molar-refractivity contribution in [2.24, 2.45) is 0 Å². The molecule has 1 aromatic heterocycles. The molecule has 2 rings (SSSR count). The van der Waals surface area contributed by atoms with Crippen LogP contribution in [0.1, 0.15) is 5.76 Å². The molecule has 1 N–H and O–H groups in total. The van der Waals surface area contributed by atoms with E-state index in [0.717, 1.165) is 15.9 Å². The van der Waals surface area contributed by atoms with Gasteiger partial charge in [0.1, 0.15) is 17.6 Å². The third-order valence-corrected chi connectivity index (χ3v) is 4.01. The zero-order chi connectivity index (χ0) is 13.7. The van der Waals surface area contributed by atoms with Crippen molar-refractivity contribution in [3.8, 4) is 11.8 Å².